The largest absolute Gasteiger partial charge is 0.508 e. The molecule has 0 saturated heterocycles. The Morgan fingerprint density at radius 1 is 1.10 bits per heavy atom. The van der Waals surface area contributed by atoms with Gasteiger partial charge in [-0.2, -0.15) is 0 Å². The van der Waals surface area contributed by atoms with Crippen molar-refractivity contribution in [2.75, 3.05) is 5.32 Å². The maximum absolute atomic E-state index is 11.7. The number of pyridine rings is 1. The number of carbonyl (C=O) groups is 1. The van der Waals surface area contributed by atoms with Crippen molar-refractivity contribution in [1.82, 2.24) is 0 Å². The van der Waals surface area contributed by atoms with Crippen LogP contribution in [0.4, 0.5) is 5.69 Å². The van der Waals surface area contributed by atoms with Crippen LogP contribution in [0.5, 0.6) is 5.75 Å². The molecule has 4 nitrogen and oxygen atoms in total. The number of phenols is 1. The fraction of sp³-hybridized carbons (Fsp3) is 0.250. The number of carbonyl (C=O) groups excluding carboxylic acids is 1. The number of hydrogen-bond acceptors (Lipinski definition) is 2. The number of aromatic nitrogens is 1. The lowest BCUT2D eigenvalue weighted by Gasteiger charge is -2.05. The first-order valence-corrected chi connectivity index (χ1v) is 6.77. The number of benzene rings is 1. The number of amides is 1. The lowest BCUT2D eigenvalue weighted by Crippen LogP contribution is -2.32. The number of aryl methyl sites for hydroxylation is 1. The van der Waals surface area contributed by atoms with Crippen LogP contribution < -0.4 is 9.88 Å². The van der Waals surface area contributed by atoms with Gasteiger partial charge < -0.3 is 10.4 Å². The molecule has 0 radical (unpaired) electrons. The average Bonchev–Trinajstić information content (AvgIpc) is 2.45. The average molecular weight is 271 g/mol. The monoisotopic (exact) mass is 271 g/mol. The molecule has 0 fully saturated rings. The molecule has 1 heterocycles. The van der Waals surface area contributed by atoms with E-state index in [2.05, 4.69) is 9.88 Å². The summed E-state index contributed by atoms with van der Waals surface area (Å²) in [6, 6.07) is 12.6. The number of hydrogen-bond donors (Lipinski definition) is 2. The molecule has 0 unspecified atom stereocenters. The van der Waals surface area contributed by atoms with Crippen molar-refractivity contribution in [3.05, 3.63) is 54.9 Å². The van der Waals surface area contributed by atoms with E-state index in [1.807, 2.05) is 30.6 Å². The molecule has 20 heavy (non-hydrogen) atoms. The number of unbranched alkanes of at least 4 members (excludes halogenated alkanes) is 1. The summed E-state index contributed by atoms with van der Waals surface area (Å²) >= 11 is 0. The van der Waals surface area contributed by atoms with Crippen LogP contribution in [0.1, 0.15) is 19.3 Å². The predicted octanol–water partition coefficient (Wildman–Crippen LogP) is 2.49. The molecule has 2 aromatic rings. The molecular formula is C16H19N2O2+. The molecule has 1 aromatic carbocycles. The summed E-state index contributed by atoms with van der Waals surface area (Å²) in [6.45, 7) is 0.917. The summed E-state index contributed by atoms with van der Waals surface area (Å²) in [5.74, 6) is 0.136. The molecule has 0 spiro atoms. The van der Waals surface area contributed by atoms with Gasteiger partial charge in [0.05, 0.1) is 0 Å². The molecule has 4 heteroatoms. The van der Waals surface area contributed by atoms with Gasteiger partial charge in [0, 0.05) is 36.7 Å². The van der Waals surface area contributed by atoms with Crippen LogP contribution in [0.2, 0.25) is 0 Å². The predicted molar refractivity (Wildman–Crippen MR) is 77.2 cm³/mol. The van der Waals surface area contributed by atoms with E-state index in [1.165, 1.54) is 6.07 Å². The minimum atomic E-state index is -0.0198. The number of aromatic hydroxyl groups is 1. The van der Waals surface area contributed by atoms with Gasteiger partial charge in [-0.1, -0.05) is 12.1 Å². The summed E-state index contributed by atoms with van der Waals surface area (Å²) in [7, 11) is 0. The third-order valence-electron chi connectivity index (χ3n) is 2.98. The molecule has 0 aliphatic rings. The fourth-order valence-electron chi connectivity index (χ4n) is 1.97. The van der Waals surface area contributed by atoms with Gasteiger partial charge in [0.1, 0.15) is 12.3 Å². The summed E-state index contributed by atoms with van der Waals surface area (Å²) in [6.07, 6.45) is 6.33. The Bertz CT molecular complexity index is 555. The summed E-state index contributed by atoms with van der Waals surface area (Å²) in [5.41, 5.74) is 0.632. The van der Waals surface area contributed by atoms with Crippen LogP contribution in [0.25, 0.3) is 0 Å². The van der Waals surface area contributed by atoms with E-state index in [-0.39, 0.29) is 11.7 Å². The molecule has 0 aliphatic carbocycles. The zero-order valence-electron chi connectivity index (χ0n) is 11.3. The van der Waals surface area contributed by atoms with E-state index in [0.717, 1.165) is 19.4 Å². The Morgan fingerprint density at radius 2 is 1.90 bits per heavy atom. The van der Waals surface area contributed by atoms with E-state index >= 15 is 0 Å². The fourth-order valence-corrected chi connectivity index (χ4v) is 1.97. The smallest absolute Gasteiger partial charge is 0.224 e. The van der Waals surface area contributed by atoms with Gasteiger partial charge in [-0.25, -0.2) is 4.57 Å². The van der Waals surface area contributed by atoms with Crippen molar-refractivity contribution in [2.45, 2.75) is 25.8 Å². The van der Waals surface area contributed by atoms with Crippen molar-refractivity contribution >= 4 is 11.6 Å². The first-order chi connectivity index (χ1) is 9.74. The normalized spacial score (nSPS) is 10.2. The van der Waals surface area contributed by atoms with Crippen molar-refractivity contribution in [1.29, 1.82) is 0 Å². The maximum atomic E-state index is 11.7. The summed E-state index contributed by atoms with van der Waals surface area (Å²) in [5, 5.41) is 12.1. The van der Waals surface area contributed by atoms with Gasteiger partial charge in [-0.15, -0.1) is 0 Å². The van der Waals surface area contributed by atoms with Gasteiger partial charge in [0.2, 0.25) is 5.91 Å². The summed E-state index contributed by atoms with van der Waals surface area (Å²) < 4.78 is 2.10. The van der Waals surface area contributed by atoms with Gasteiger partial charge in [0.25, 0.3) is 0 Å². The lowest BCUT2D eigenvalue weighted by molar-refractivity contribution is -0.697. The van der Waals surface area contributed by atoms with Crippen molar-refractivity contribution in [2.24, 2.45) is 0 Å². The van der Waals surface area contributed by atoms with Crippen molar-refractivity contribution in [3.63, 3.8) is 0 Å². The van der Waals surface area contributed by atoms with Crippen LogP contribution in [0, 0.1) is 0 Å². The van der Waals surface area contributed by atoms with Crippen LogP contribution >= 0.6 is 0 Å². The molecule has 1 aromatic heterocycles. The summed E-state index contributed by atoms with van der Waals surface area (Å²) in [4.78, 5) is 11.7. The Balaban J connectivity index is 1.68. The van der Waals surface area contributed by atoms with Gasteiger partial charge in [-0.3, -0.25) is 4.79 Å². The van der Waals surface area contributed by atoms with Gasteiger partial charge >= 0.3 is 0 Å². The van der Waals surface area contributed by atoms with Gasteiger partial charge in [0.15, 0.2) is 12.4 Å². The quantitative estimate of drug-likeness (QED) is 0.626. The van der Waals surface area contributed by atoms with E-state index in [1.54, 1.807) is 18.2 Å². The molecule has 0 saturated carbocycles. The SMILES string of the molecule is O=C(CCCC[n+]1ccccc1)Nc1cccc(O)c1. The van der Waals surface area contributed by atoms with Gasteiger partial charge in [-0.05, 0) is 18.6 Å². The number of rotatable bonds is 6. The standard InChI is InChI=1S/C16H18N2O2/c19-15-8-6-7-14(13-15)17-16(20)9-2-5-12-18-10-3-1-4-11-18/h1,3-4,6-8,10-11,13H,2,5,9,12H2,(H-,17,19,20)/p+1. The molecule has 2 rings (SSSR count). The van der Waals surface area contributed by atoms with E-state index < -0.39 is 0 Å². The van der Waals surface area contributed by atoms with Crippen LogP contribution in [0.15, 0.2) is 54.9 Å². The van der Waals surface area contributed by atoms with Crippen LogP contribution in [-0.2, 0) is 11.3 Å². The van der Waals surface area contributed by atoms with E-state index in [4.69, 9.17) is 0 Å². The molecule has 0 aliphatic heterocycles. The highest BCUT2D eigenvalue weighted by Gasteiger charge is 2.04. The number of nitrogens with zero attached hydrogens (tertiary/aromatic N) is 1. The zero-order valence-corrected chi connectivity index (χ0v) is 11.3. The first-order valence-electron chi connectivity index (χ1n) is 6.77. The van der Waals surface area contributed by atoms with E-state index in [9.17, 15) is 9.90 Å². The Kier molecular flexibility index (Phi) is 5.12. The Hall–Kier alpha value is -2.36. The first kappa shape index (κ1) is 14.1. The third kappa shape index (κ3) is 4.72. The number of anilines is 1. The molecule has 0 bridgehead atoms. The Labute approximate surface area is 118 Å². The minimum Gasteiger partial charge on any atom is -0.508 e. The second kappa shape index (κ2) is 7.28. The molecule has 1 amide bonds. The number of phenolic OH excluding ortho intramolecular Hbond substituents is 1. The second-order valence-corrected chi connectivity index (χ2v) is 4.67. The van der Waals surface area contributed by atoms with Crippen molar-refractivity contribution < 1.29 is 14.5 Å². The highest BCUT2D eigenvalue weighted by molar-refractivity contribution is 5.90. The third-order valence-corrected chi connectivity index (χ3v) is 2.98. The van der Waals surface area contributed by atoms with E-state index in [0.29, 0.717) is 12.1 Å². The highest BCUT2D eigenvalue weighted by Crippen LogP contribution is 2.15. The maximum Gasteiger partial charge on any atom is 0.224 e. The lowest BCUT2D eigenvalue weighted by atomic mass is 10.2. The Morgan fingerprint density at radius 3 is 2.65 bits per heavy atom. The topological polar surface area (TPSA) is 53.2 Å². The molecular weight excluding hydrogens is 252 g/mol. The minimum absolute atomic E-state index is 0.0198. The van der Waals surface area contributed by atoms with Crippen LogP contribution in [0.3, 0.4) is 0 Å². The highest BCUT2D eigenvalue weighted by atomic mass is 16.3. The molecule has 0 atom stereocenters. The molecule has 104 valence electrons. The molecule has 2 N–H and O–H groups in total. The number of nitrogens with one attached hydrogen (secondary N) is 1. The zero-order chi connectivity index (χ0) is 14.2. The second-order valence-electron chi connectivity index (χ2n) is 4.67. The van der Waals surface area contributed by atoms with Crippen LogP contribution in [-0.4, -0.2) is 11.0 Å². The van der Waals surface area contributed by atoms with Crippen molar-refractivity contribution in [3.8, 4) is 5.75 Å².